The van der Waals surface area contributed by atoms with Gasteiger partial charge in [0.2, 0.25) is 0 Å². The lowest BCUT2D eigenvalue weighted by molar-refractivity contribution is -0.133. The Morgan fingerprint density at radius 2 is 1.90 bits per heavy atom. The minimum absolute atomic E-state index is 0.0168. The molecule has 0 unspecified atom stereocenters. The molecule has 0 atom stereocenters. The van der Waals surface area contributed by atoms with E-state index in [0.717, 1.165) is 17.9 Å². The first-order valence-electron chi connectivity index (χ1n) is 6.70. The van der Waals surface area contributed by atoms with Gasteiger partial charge >= 0.3 is 5.97 Å². The molecule has 0 aliphatic heterocycles. The van der Waals surface area contributed by atoms with Gasteiger partial charge in [0, 0.05) is 12.1 Å². The second kappa shape index (κ2) is 6.30. The number of hydrogen-bond donors (Lipinski definition) is 1. The molecule has 1 heterocycles. The maximum atomic E-state index is 10.8. The van der Waals surface area contributed by atoms with Crippen molar-refractivity contribution in [1.82, 2.24) is 14.8 Å². The van der Waals surface area contributed by atoms with Crippen LogP contribution in [0.4, 0.5) is 0 Å². The zero-order valence-electron chi connectivity index (χ0n) is 12.4. The summed E-state index contributed by atoms with van der Waals surface area (Å²) in [4.78, 5) is 10.8. The predicted octanol–water partition coefficient (Wildman–Crippen LogP) is 3.17. The first-order valence-corrected chi connectivity index (χ1v) is 7.68. The molecule has 1 aromatic heterocycles. The standard InChI is InChI=1S/C15H19N3O2S/c1-15(2,3)10-18-13(11-7-5-4-6-8-11)16-17-14(18)21-9-12(19)20/h4-8H,9-10H2,1-3H3,(H,19,20). The molecule has 21 heavy (non-hydrogen) atoms. The fourth-order valence-corrected chi connectivity index (χ4v) is 2.60. The summed E-state index contributed by atoms with van der Waals surface area (Å²) >= 11 is 1.20. The molecule has 0 saturated carbocycles. The van der Waals surface area contributed by atoms with Crippen LogP contribution in [0.25, 0.3) is 11.4 Å². The van der Waals surface area contributed by atoms with Crippen LogP contribution in [-0.4, -0.2) is 31.6 Å². The van der Waals surface area contributed by atoms with Gasteiger partial charge in [0.05, 0.1) is 5.75 Å². The summed E-state index contributed by atoms with van der Waals surface area (Å²) in [5.41, 5.74) is 1.03. The van der Waals surface area contributed by atoms with Crippen LogP contribution in [0.2, 0.25) is 0 Å². The monoisotopic (exact) mass is 305 g/mol. The minimum Gasteiger partial charge on any atom is -0.481 e. The molecule has 0 aliphatic carbocycles. The van der Waals surface area contributed by atoms with E-state index < -0.39 is 5.97 Å². The quantitative estimate of drug-likeness (QED) is 0.859. The second-order valence-electron chi connectivity index (χ2n) is 6.00. The molecular weight excluding hydrogens is 286 g/mol. The van der Waals surface area contributed by atoms with Crippen molar-refractivity contribution >= 4 is 17.7 Å². The molecule has 1 N–H and O–H groups in total. The number of benzene rings is 1. The normalized spacial score (nSPS) is 11.6. The van der Waals surface area contributed by atoms with Crippen LogP contribution in [-0.2, 0) is 11.3 Å². The van der Waals surface area contributed by atoms with E-state index in [1.54, 1.807) is 0 Å². The van der Waals surface area contributed by atoms with Crippen LogP contribution in [0.15, 0.2) is 35.5 Å². The Bertz CT molecular complexity index is 618. The molecule has 0 amide bonds. The molecule has 0 spiro atoms. The largest absolute Gasteiger partial charge is 0.481 e. The number of carboxylic acids is 1. The molecule has 0 aliphatic rings. The van der Waals surface area contributed by atoms with Crippen LogP contribution in [0, 0.1) is 5.41 Å². The van der Waals surface area contributed by atoms with Crippen LogP contribution in [0.3, 0.4) is 0 Å². The van der Waals surface area contributed by atoms with Crippen molar-refractivity contribution in [2.45, 2.75) is 32.5 Å². The van der Waals surface area contributed by atoms with E-state index in [4.69, 9.17) is 5.11 Å². The average molecular weight is 305 g/mol. The van der Waals surface area contributed by atoms with Gasteiger partial charge in [0.1, 0.15) is 0 Å². The van der Waals surface area contributed by atoms with E-state index in [1.165, 1.54) is 11.8 Å². The first kappa shape index (κ1) is 15.6. The Hall–Kier alpha value is -1.82. The number of nitrogens with zero attached hydrogens (tertiary/aromatic N) is 3. The van der Waals surface area contributed by atoms with Crippen molar-refractivity contribution < 1.29 is 9.90 Å². The van der Waals surface area contributed by atoms with E-state index in [9.17, 15) is 4.79 Å². The summed E-state index contributed by atoms with van der Waals surface area (Å²) in [7, 11) is 0. The zero-order valence-corrected chi connectivity index (χ0v) is 13.2. The van der Waals surface area contributed by atoms with Gasteiger partial charge in [-0.15, -0.1) is 10.2 Å². The first-order chi connectivity index (χ1) is 9.87. The van der Waals surface area contributed by atoms with E-state index in [2.05, 4.69) is 31.0 Å². The average Bonchev–Trinajstić information content (AvgIpc) is 2.78. The maximum absolute atomic E-state index is 10.8. The van der Waals surface area contributed by atoms with Crippen molar-refractivity contribution in [3.05, 3.63) is 30.3 Å². The lowest BCUT2D eigenvalue weighted by Crippen LogP contribution is -2.17. The van der Waals surface area contributed by atoms with Crippen molar-refractivity contribution in [3.8, 4) is 11.4 Å². The Morgan fingerprint density at radius 3 is 2.48 bits per heavy atom. The summed E-state index contributed by atoms with van der Waals surface area (Å²) in [6.45, 7) is 7.13. The van der Waals surface area contributed by atoms with Gasteiger partial charge in [-0.2, -0.15) is 0 Å². The fourth-order valence-electron chi connectivity index (χ4n) is 1.94. The molecule has 2 rings (SSSR count). The second-order valence-corrected chi connectivity index (χ2v) is 6.94. The molecule has 0 radical (unpaired) electrons. The van der Waals surface area contributed by atoms with E-state index in [1.807, 2.05) is 34.9 Å². The number of carbonyl (C=O) groups is 1. The highest BCUT2D eigenvalue weighted by molar-refractivity contribution is 7.99. The third kappa shape index (κ3) is 4.32. The highest BCUT2D eigenvalue weighted by atomic mass is 32.2. The zero-order chi connectivity index (χ0) is 15.5. The lowest BCUT2D eigenvalue weighted by Gasteiger charge is -2.21. The van der Waals surface area contributed by atoms with Gasteiger partial charge in [-0.25, -0.2) is 0 Å². The van der Waals surface area contributed by atoms with Crippen LogP contribution < -0.4 is 0 Å². The number of thioether (sulfide) groups is 1. The van der Waals surface area contributed by atoms with E-state index in [0.29, 0.717) is 5.16 Å². The van der Waals surface area contributed by atoms with Crippen molar-refractivity contribution in [2.75, 3.05) is 5.75 Å². The van der Waals surface area contributed by atoms with Crippen LogP contribution in [0.1, 0.15) is 20.8 Å². The van der Waals surface area contributed by atoms with Gasteiger partial charge in [-0.05, 0) is 5.41 Å². The van der Waals surface area contributed by atoms with E-state index >= 15 is 0 Å². The van der Waals surface area contributed by atoms with Crippen molar-refractivity contribution in [1.29, 1.82) is 0 Å². The molecule has 0 fully saturated rings. The number of rotatable bonds is 5. The Morgan fingerprint density at radius 1 is 1.24 bits per heavy atom. The molecule has 0 bridgehead atoms. The van der Waals surface area contributed by atoms with Gasteiger partial charge < -0.3 is 9.67 Å². The number of aromatic nitrogens is 3. The molecule has 5 nitrogen and oxygen atoms in total. The topological polar surface area (TPSA) is 68.0 Å². The van der Waals surface area contributed by atoms with E-state index in [-0.39, 0.29) is 11.2 Å². The molecule has 0 saturated heterocycles. The fraction of sp³-hybridized carbons (Fsp3) is 0.400. The summed E-state index contributed by atoms with van der Waals surface area (Å²) < 4.78 is 2.00. The van der Waals surface area contributed by atoms with Gasteiger partial charge in [-0.1, -0.05) is 62.9 Å². The van der Waals surface area contributed by atoms with Gasteiger partial charge in [0.15, 0.2) is 11.0 Å². The Kier molecular flexibility index (Phi) is 4.67. The van der Waals surface area contributed by atoms with Crippen LogP contribution >= 0.6 is 11.8 Å². The summed E-state index contributed by atoms with van der Waals surface area (Å²) in [5.74, 6) is -0.0955. The summed E-state index contributed by atoms with van der Waals surface area (Å²) in [6, 6.07) is 9.82. The van der Waals surface area contributed by atoms with Crippen LogP contribution in [0.5, 0.6) is 0 Å². The minimum atomic E-state index is -0.855. The van der Waals surface area contributed by atoms with Crippen molar-refractivity contribution in [2.24, 2.45) is 5.41 Å². The molecule has 112 valence electrons. The number of aliphatic carboxylic acids is 1. The SMILES string of the molecule is CC(C)(C)Cn1c(SCC(=O)O)nnc1-c1ccccc1. The highest BCUT2D eigenvalue weighted by Crippen LogP contribution is 2.28. The third-order valence-electron chi connectivity index (χ3n) is 2.71. The molecule has 2 aromatic rings. The smallest absolute Gasteiger partial charge is 0.313 e. The maximum Gasteiger partial charge on any atom is 0.313 e. The highest BCUT2D eigenvalue weighted by Gasteiger charge is 2.20. The van der Waals surface area contributed by atoms with Crippen molar-refractivity contribution in [3.63, 3.8) is 0 Å². The molecule has 1 aromatic carbocycles. The molecule has 6 heteroatoms. The number of carboxylic acid groups (broad SMARTS) is 1. The van der Waals surface area contributed by atoms with Gasteiger partial charge in [0.25, 0.3) is 0 Å². The number of hydrogen-bond acceptors (Lipinski definition) is 4. The van der Waals surface area contributed by atoms with Gasteiger partial charge in [-0.3, -0.25) is 4.79 Å². The Balaban J connectivity index is 2.38. The predicted molar refractivity (Wildman–Crippen MR) is 83.3 cm³/mol. The summed E-state index contributed by atoms with van der Waals surface area (Å²) in [5, 5.41) is 17.9. The Labute approximate surface area is 128 Å². The lowest BCUT2D eigenvalue weighted by atomic mass is 9.97. The third-order valence-corrected chi connectivity index (χ3v) is 3.66. The molecular formula is C15H19N3O2S. The summed E-state index contributed by atoms with van der Waals surface area (Å²) in [6.07, 6.45) is 0.